The molecule has 0 unspecified atom stereocenters. The van der Waals surface area contributed by atoms with Crippen molar-refractivity contribution < 1.29 is 31.9 Å². The van der Waals surface area contributed by atoms with E-state index in [4.69, 9.17) is 5.11 Å². The molecule has 0 fully saturated rings. The minimum Gasteiger partial charge on any atom is -0.481 e. The van der Waals surface area contributed by atoms with Crippen LogP contribution in [0.2, 0.25) is 0 Å². The van der Waals surface area contributed by atoms with Gasteiger partial charge in [0.25, 0.3) is 6.43 Å². The van der Waals surface area contributed by atoms with Gasteiger partial charge in [-0.15, -0.1) is 0 Å². The maximum atomic E-state index is 12.6. The summed E-state index contributed by atoms with van der Waals surface area (Å²) in [5, 5.41) is 8.46. The molecule has 0 aromatic carbocycles. The normalized spacial score (nSPS) is 11.9. The fourth-order valence-corrected chi connectivity index (χ4v) is 1.77. The van der Waals surface area contributed by atoms with Crippen molar-refractivity contribution in [3.05, 3.63) is 27.5 Å². The highest BCUT2D eigenvalue weighted by molar-refractivity contribution is 9.10. The van der Waals surface area contributed by atoms with Gasteiger partial charge in [-0.1, -0.05) is 0 Å². The number of rotatable bonds is 3. The Labute approximate surface area is 106 Å². The molecule has 0 spiro atoms. The van der Waals surface area contributed by atoms with E-state index in [1.54, 1.807) is 0 Å². The fourth-order valence-electron chi connectivity index (χ4n) is 1.21. The quantitative estimate of drug-likeness (QED) is 0.862. The number of nitrogens with zero attached hydrogens (tertiary/aromatic N) is 1. The summed E-state index contributed by atoms with van der Waals surface area (Å²) < 4.78 is 61.9. The van der Waals surface area contributed by atoms with Crippen molar-refractivity contribution in [2.45, 2.75) is 19.0 Å². The summed E-state index contributed by atoms with van der Waals surface area (Å²) in [5.74, 6) is -1.54. The van der Waals surface area contributed by atoms with Crippen LogP contribution in [-0.4, -0.2) is 16.1 Å². The van der Waals surface area contributed by atoms with Gasteiger partial charge >= 0.3 is 12.1 Å². The number of carboxylic acids is 1. The van der Waals surface area contributed by atoms with Crippen LogP contribution in [-0.2, 0) is 17.4 Å². The smallest absolute Gasteiger partial charge is 0.434 e. The fraction of sp³-hybridized carbons (Fsp3) is 0.333. The number of pyridine rings is 1. The number of aromatic nitrogens is 1. The summed E-state index contributed by atoms with van der Waals surface area (Å²) in [6.45, 7) is 0. The molecule has 0 aliphatic heterocycles. The molecule has 1 heterocycles. The topological polar surface area (TPSA) is 50.2 Å². The summed E-state index contributed by atoms with van der Waals surface area (Å²) in [6, 6.07) is 0.540. The first-order valence-corrected chi connectivity index (χ1v) is 5.18. The maximum absolute atomic E-state index is 12.6. The van der Waals surface area contributed by atoms with Crippen molar-refractivity contribution in [3.8, 4) is 0 Å². The first kappa shape index (κ1) is 14.8. The number of hydrogen-bond acceptors (Lipinski definition) is 2. The Morgan fingerprint density at radius 1 is 1.44 bits per heavy atom. The standard InChI is InChI=1S/C9H5BrF5NO2/c10-4-1-3(8(11)12)5(2-6(17)18)16-7(4)9(13,14)15/h1,8H,2H2,(H,17,18). The van der Waals surface area contributed by atoms with Crippen molar-refractivity contribution in [3.63, 3.8) is 0 Å². The van der Waals surface area contributed by atoms with Crippen LogP contribution in [0.4, 0.5) is 22.0 Å². The molecular formula is C9H5BrF5NO2. The van der Waals surface area contributed by atoms with Gasteiger partial charge in [0.15, 0.2) is 5.69 Å². The Morgan fingerprint density at radius 3 is 2.39 bits per heavy atom. The number of aliphatic carboxylic acids is 1. The SMILES string of the molecule is O=C(O)Cc1nc(C(F)(F)F)c(Br)cc1C(F)F. The second kappa shape index (κ2) is 5.17. The van der Waals surface area contributed by atoms with Gasteiger partial charge in [0.2, 0.25) is 0 Å². The van der Waals surface area contributed by atoms with Crippen molar-refractivity contribution in [2.24, 2.45) is 0 Å². The van der Waals surface area contributed by atoms with Crippen molar-refractivity contribution >= 4 is 21.9 Å². The van der Waals surface area contributed by atoms with Gasteiger partial charge in [-0.2, -0.15) is 13.2 Å². The van der Waals surface area contributed by atoms with E-state index >= 15 is 0 Å². The zero-order valence-corrected chi connectivity index (χ0v) is 10.0. The number of alkyl halides is 5. The molecule has 0 amide bonds. The van der Waals surface area contributed by atoms with Crippen LogP contribution in [0.5, 0.6) is 0 Å². The minimum absolute atomic E-state index is 0.540. The van der Waals surface area contributed by atoms with Gasteiger partial charge in [0.1, 0.15) is 0 Å². The summed E-state index contributed by atoms with van der Waals surface area (Å²) in [4.78, 5) is 13.4. The second-order valence-electron chi connectivity index (χ2n) is 3.22. The molecule has 0 saturated carbocycles. The van der Waals surface area contributed by atoms with Crippen LogP contribution in [0.3, 0.4) is 0 Å². The van der Waals surface area contributed by atoms with Crippen molar-refractivity contribution in [1.29, 1.82) is 0 Å². The summed E-state index contributed by atoms with van der Waals surface area (Å²) in [7, 11) is 0. The molecule has 3 nitrogen and oxygen atoms in total. The van der Waals surface area contributed by atoms with Crippen LogP contribution < -0.4 is 0 Å². The molecule has 0 radical (unpaired) electrons. The van der Waals surface area contributed by atoms with Crippen LogP contribution in [0.1, 0.15) is 23.4 Å². The predicted octanol–water partition coefficient (Wildman–Crippen LogP) is 3.43. The Bertz CT molecular complexity index is 475. The van der Waals surface area contributed by atoms with E-state index in [-0.39, 0.29) is 0 Å². The average Bonchev–Trinajstić information content (AvgIpc) is 2.17. The molecule has 9 heteroatoms. The first-order valence-electron chi connectivity index (χ1n) is 4.39. The molecule has 1 rings (SSSR count). The Hall–Kier alpha value is -1.25. The molecule has 0 aliphatic rings. The molecule has 1 aromatic rings. The van der Waals surface area contributed by atoms with E-state index < -0.39 is 46.4 Å². The van der Waals surface area contributed by atoms with E-state index in [0.29, 0.717) is 6.07 Å². The van der Waals surface area contributed by atoms with E-state index in [2.05, 4.69) is 20.9 Å². The zero-order valence-electron chi connectivity index (χ0n) is 8.43. The summed E-state index contributed by atoms with van der Waals surface area (Å²) in [6.07, 6.45) is -8.96. The number of halogens is 6. The van der Waals surface area contributed by atoms with Crippen LogP contribution in [0.15, 0.2) is 10.5 Å². The highest BCUT2D eigenvalue weighted by atomic mass is 79.9. The van der Waals surface area contributed by atoms with Crippen molar-refractivity contribution in [1.82, 2.24) is 4.98 Å². The van der Waals surface area contributed by atoms with Crippen molar-refractivity contribution in [2.75, 3.05) is 0 Å². The van der Waals surface area contributed by atoms with Gasteiger partial charge in [-0.3, -0.25) is 4.79 Å². The molecule has 0 saturated heterocycles. The summed E-state index contributed by atoms with van der Waals surface area (Å²) >= 11 is 2.49. The third-order valence-corrected chi connectivity index (χ3v) is 2.52. The van der Waals surface area contributed by atoms with Gasteiger partial charge in [-0.25, -0.2) is 13.8 Å². The molecule has 18 heavy (non-hydrogen) atoms. The predicted molar refractivity (Wildman–Crippen MR) is 53.2 cm³/mol. The Balaban J connectivity index is 3.40. The second-order valence-corrected chi connectivity index (χ2v) is 4.08. The van der Waals surface area contributed by atoms with Gasteiger partial charge in [-0.05, 0) is 22.0 Å². The molecule has 1 aromatic heterocycles. The molecule has 0 bridgehead atoms. The highest BCUT2D eigenvalue weighted by Crippen LogP contribution is 2.36. The van der Waals surface area contributed by atoms with Crippen LogP contribution in [0, 0.1) is 0 Å². The minimum atomic E-state index is -4.85. The average molecular weight is 334 g/mol. The van der Waals surface area contributed by atoms with Crippen LogP contribution in [0.25, 0.3) is 0 Å². The van der Waals surface area contributed by atoms with Gasteiger partial charge in [0.05, 0.1) is 12.1 Å². The van der Waals surface area contributed by atoms with E-state index in [1.165, 1.54) is 0 Å². The number of carbonyl (C=O) groups is 1. The maximum Gasteiger partial charge on any atom is 0.434 e. The largest absolute Gasteiger partial charge is 0.481 e. The van der Waals surface area contributed by atoms with E-state index in [1.807, 2.05) is 0 Å². The lowest BCUT2D eigenvalue weighted by Crippen LogP contribution is -2.15. The molecule has 0 atom stereocenters. The molecule has 1 N–H and O–H groups in total. The summed E-state index contributed by atoms with van der Waals surface area (Å²) in [5.41, 5.74) is -3.06. The first-order chi connectivity index (χ1) is 8.12. The highest BCUT2D eigenvalue weighted by Gasteiger charge is 2.36. The number of hydrogen-bond donors (Lipinski definition) is 1. The lowest BCUT2D eigenvalue weighted by atomic mass is 10.1. The monoisotopic (exact) mass is 333 g/mol. The Morgan fingerprint density at radius 2 is 2.00 bits per heavy atom. The zero-order chi connectivity index (χ0) is 14.1. The lowest BCUT2D eigenvalue weighted by Gasteiger charge is -2.13. The third kappa shape index (κ3) is 3.37. The number of carboxylic acid groups (broad SMARTS) is 1. The van der Waals surface area contributed by atoms with Gasteiger partial charge < -0.3 is 5.11 Å². The molecular weight excluding hydrogens is 329 g/mol. The molecule has 0 aliphatic carbocycles. The van der Waals surface area contributed by atoms with E-state index in [0.717, 1.165) is 0 Å². The molecule has 100 valence electrons. The Kier molecular flexibility index (Phi) is 4.25. The van der Waals surface area contributed by atoms with Gasteiger partial charge in [0, 0.05) is 10.0 Å². The van der Waals surface area contributed by atoms with E-state index in [9.17, 15) is 26.7 Å². The third-order valence-electron chi connectivity index (χ3n) is 1.91. The lowest BCUT2D eigenvalue weighted by molar-refractivity contribution is -0.142. The van der Waals surface area contributed by atoms with Crippen LogP contribution >= 0.6 is 15.9 Å².